The third-order valence-corrected chi connectivity index (χ3v) is 2.02. The van der Waals surface area contributed by atoms with E-state index < -0.39 is 0 Å². The number of aromatic nitrogens is 2. The van der Waals surface area contributed by atoms with Crippen LogP contribution in [0.25, 0.3) is 11.4 Å². The molecule has 0 amide bonds. The molecule has 1 aromatic heterocycles. The fraction of sp³-hybridized carbons (Fsp3) is 0. The standard InChI is InChI=1S/C11H8N2O2/c14-6-8-3-9(7-15)5-10(4-8)11-12-1-2-13-11/h1-7H,(H,12,13). The highest BCUT2D eigenvalue weighted by molar-refractivity contribution is 5.85. The number of nitrogens with one attached hydrogen (secondary N) is 1. The zero-order valence-electron chi connectivity index (χ0n) is 7.81. The highest BCUT2D eigenvalue weighted by Gasteiger charge is 2.03. The van der Waals surface area contributed by atoms with Gasteiger partial charge < -0.3 is 4.98 Å². The summed E-state index contributed by atoms with van der Waals surface area (Å²) < 4.78 is 0. The van der Waals surface area contributed by atoms with E-state index in [0.717, 1.165) is 5.56 Å². The van der Waals surface area contributed by atoms with Crippen molar-refractivity contribution in [3.8, 4) is 11.4 Å². The van der Waals surface area contributed by atoms with E-state index in [1.807, 2.05) is 0 Å². The Bertz CT molecular complexity index is 463. The number of H-pyrrole nitrogens is 1. The van der Waals surface area contributed by atoms with Crippen LogP contribution >= 0.6 is 0 Å². The van der Waals surface area contributed by atoms with Crippen LogP contribution in [0.1, 0.15) is 20.7 Å². The average Bonchev–Trinajstić information content (AvgIpc) is 2.81. The number of nitrogens with zero attached hydrogens (tertiary/aromatic N) is 1. The van der Waals surface area contributed by atoms with Gasteiger partial charge in [-0.25, -0.2) is 4.98 Å². The van der Waals surface area contributed by atoms with Crippen LogP contribution in [0.3, 0.4) is 0 Å². The Morgan fingerprint density at radius 1 is 1.07 bits per heavy atom. The molecule has 0 spiro atoms. The minimum Gasteiger partial charge on any atom is -0.345 e. The Hall–Kier alpha value is -2.23. The summed E-state index contributed by atoms with van der Waals surface area (Å²) in [4.78, 5) is 28.3. The van der Waals surface area contributed by atoms with E-state index in [0.29, 0.717) is 29.5 Å². The lowest BCUT2D eigenvalue weighted by molar-refractivity contribution is 0.112. The SMILES string of the molecule is O=Cc1cc(C=O)cc(-c2ncc[nH]2)c1. The smallest absolute Gasteiger partial charge is 0.150 e. The van der Waals surface area contributed by atoms with Crippen molar-refractivity contribution < 1.29 is 9.59 Å². The maximum absolute atomic E-state index is 10.6. The second-order valence-electron chi connectivity index (χ2n) is 3.06. The van der Waals surface area contributed by atoms with E-state index in [2.05, 4.69) is 9.97 Å². The normalized spacial score (nSPS) is 9.87. The molecule has 0 saturated heterocycles. The van der Waals surface area contributed by atoms with Gasteiger partial charge in [0.2, 0.25) is 0 Å². The third-order valence-electron chi connectivity index (χ3n) is 2.02. The van der Waals surface area contributed by atoms with E-state index in [1.54, 1.807) is 24.5 Å². The molecule has 2 aromatic rings. The Balaban J connectivity index is 2.56. The van der Waals surface area contributed by atoms with Crippen molar-refractivity contribution in [3.63, 3.8) is 0 Å². The summed E-state index contributed by atoms with van der Waals surface area (Å²) >= 11 is 0. The van der Waals surface area contributed by atoms with Crippen LogP contribution in [0.4, 0.5) is 0 Å². The number of rotatable bonds is 3. The molecule has 0 saturated carbocycles. The molecule has 15 heavy (non-hydrogen) atoms. The number of carbonyl (C=O) groups is 2. The van der Waals surface area contributed by atoms with Gasteiger partial charge in [0, 0.05) is 29.1 Å². The number of aromatic amines is 1. The Morgan fingerprint density at radius 3 is 2.20 bits per heavy atom. The minimum absolute atomic E-state index is 0.464. The molecule has 0 aliphatic rings. The summed E-state index contributed by atoms with van der Waals surface area (Å²) in [6, 6.07) is 4.89. The highest BCUT2D eigenvalue weighted by Crippen LogP contribution is 2.17. The molecule has 0 aliphatic heterocycles. The van der Waals surface area contributed by atoms with Gasteiger partial charge in [-0.15, -0.1) is 0 Å². The van der Waals surface area contributed by atoms with Crippen LogP contribution in [0.5, 0.6) is 0 Å². The van der Waals surface area contributed by atoms with Crippen LogP contribution in [-0.2, 0) is 0 Å². The van der Waals surface area contributed by atoms with Crippen LogP contribution < -0.4 is 0 Å². The summed E-state index contributed by atoms with van der Waals surface area (Å²) in [7, 11) is 0. The first-order chi connectivity index (χ1) is 7.33. The number of imidazole rings is 1. The van der Waals surface area contributed by atoms with Gasteiger partial charge in [-0.1, -0.05) is 0 Å². The Kier molecular flexibility index (Phi) is 2.41. The first-order valence-corrected chi connectivity index (χ1v) is 4.38. The molecule has 1 N–H and O–H groups in total. The lowest BCUT2D eigenvalue weighted by atomic mass is 10.1. The minimum atomic E-state index is 0.464. The number of benzene rings is 1. The highest BCUT2D eigenvalue weighted by atomic mass is 16.1. The van der Waals surface area contributed by atoms with E-state index in [-0.39, 0.29) is 0 Å². The topological polar surface area (TPSA) is 62.8 Å². The van der Waals surface area contributed by atoms with Crippen molar-refractivity contribution in [1.82, 2.24) is 9.97 Å². The van der Waals surface area contributed by atoms with Crippen LogP contribution in [0, 0.1) is 0 Å². The van der Waals surface area contributed by atoms with Gasteiger partial charge in [0.15, 0.2) is 0 Å². The van der Waals surface area contributed by atoms with Gasteiger partial charge in [0.1, 0.15) is 18.4 Å². The molecule has 0 aliphatic carbocycles. The van der Waals surface area contributed by atoms with E-state index in [9.17, 15) is 9.59 Å². The van der Waals surface area contributed by atoms with E-state index in [4.69, 9.17) is 0 Å². The molecule has 0 fully saturated rings. The first kappa shape index (κ1) is 9.33. The van der Waals surface area contributed by atoms with Crippen LogP contribution in [0.2, 0.25) is 0 Å². The molecule has 4 nitrogen and oxygen atoms in total. The second kappa shape index (κ2) is 3.88. The van der Waals surface area contributed by atoms with Crippen molar-refractivity contribution in [2.75, 3.05) is 0 Å². The average molecular weight is 200 g/mol. The molecule has 0 bridgehead atoms. The summed E-state index contributed by atoms with van der Waals surface area (Å²) in [5.74, 6) is 0.641. The van der Waals surface area contributed by atoms with Gasteiger partial charge in [0.05, 0.1) is 0 Å². The van der Waals surface area contributed by atoms with Gasteiger partial charge in [-0.2, -0.15) is 0 Å². The predicted molar refractivity (Wildman–Crippen MR) is 54.8 cm³/mol. The van der Waals surface area contributed by atoms with Gasteiger partial charge >= 0.3 is 0 Å². The fourth-order valence-corrected chi connectivity index (χ4v) is 1.37. The maximum atomic E-state index is 10.6. The van der Waals surface area contributed by atoms with E-state index >= 15 is 0 Å². The summed E-state index contributed by atoms with van der Waals surface area (Å²) in [6.45, 7) is 0. The van der Waals surface area contributed by atoms with Crippen LogP contribution in [-0.4, -0.2) is 22.5 Å². The molecule has 1 heterocycles. The number of hydrogen-bond donors (Lipinski definition) is 1. The maximum Gasteiger partial charge on any atom is 0.150 e. The lowest BCUT2D eigenvalue weighted by Gasteiger charge is -2.00. The van der Waals surface area contributed by atoms with Crippen molar-refractivity contribution in [1.29, 1.82) is 0 Å². The zero-order valence-corrected chi connectivity index (χ0v) is 7.81. The zero-order chi connectivity index (χ0) is 10.7. The molecule has 4 heteroatoms. The largest absolute Gasteiger partial charge is 0.345 e. The summed E-state index contributed by atoms with van der Waals surface area (Å²) in [6.07, 6.45) is 4.71. The van der Waals surface area contributed by atoms with Crippen LogP contribution in [0.15, 0.2) is 30.6 Å². The van der Waals surface area contributed by atoms with Gasteiger partial charge in [0.25, 0.3) is 0 Å². The van der Waals surface area contributed by atoms with Crippen molar-refractivity contribution in [2.45, 2.75) is 0 Å². The monoisotopic (exact) mass is 200 g/mol. The fourth-order valence-electron chi connectivity index (χ4n) is 1.37. The second-order valence-corrected chi connectivity index (χ2v) is 3.06. The summed E-state index contributed by atoms with van der Waals surface area (Å²) in [5.41, 5.74) is 1.66. The molecule has 2 rings (SSSR count). The number of carbonyl (C=O) groups excluding carboxylic acids is 2. The third kappa shape index (κ3) is 1.83. The number of aldehydes is 2. The molecular weight excluding hydrogens is 192 g/mol. The molecule has 74 valence electrons. The quantitative estimate of drug-likeness (QED) is 0.767. The molecule has 0 atom stereocenters. The lowest BCUT2D eigenvalue weighted by Crippen LogP contribution is -1.89. The van der Waals surface area contributed by atoms with Gasteiger partial charge in [-0.05, 0) is 18.2 Å². The number of hydrogen-bond acceptors (Lipinski definition) is 3. The van der Waals surface area contributed by atoms with E-state index in [1.165, 1.54) is 6.07 Å². The Labute approximate surface area is 86.0 Å². The van der Waals surface area contributed by atoms with Crippen molar-refractivity contribution >= 4 is 12.6 Å². The van der Waals surface area contributed by atoms with Crippen molar-refractivity contribution in [2.24, 2.45) is 0 Å². The molecule has 1 aromatic carbocycles. The van der Waals surface area contributed by atoms with Crippen molar-refractivity contribution in [3.05, 3.63) is 41.7 Å². The first-order valence-electron chi connectivity index (χ1n) is 4.38. The van der Waals surface area contributed by atoms with Gasteiger partial charge in [-0.3, -0.25) is 9.59 Å². The molecule has 0 radical (unpaired) electrons. The predicted octanol–water partition coefficient (Wildman–Crippen LogP) is 1.70. The Morgan fingerprint density at radius 2 is 1.73 bits per heavy atom. The summed E-state index contributed by atoms with van der Waals surface area (Å²) in [5, 5.41) is 0. The molecule has 0 unspecified atom stereocenters. The molecular formula is C11H8N2O2.